The van der Waals surface area contributed by atoms with Crippen LogP contribution < -0.4 is 76.1 Å². The minimum absolute atomic E-state index is 0.0466. The molecule has 1 heterocycles. The maximum atomic E-state index is 15.3. The van der Waals surface area contributed by atoms with E-state index < -0.39 is 181 Å². The van der Waals surface area contributed by atoms with E-state index in [1.165, 1.54) is 44.2 Å². The number of nitrogens with zero attached hydrogens (tertiary/aromatic N) is 1. The van der Waals surface area contributed by atoms with Crippen molar-refractivity contribution in [3.8, 4) is 0 Å². The van der Waals surface area contributed by atoms with Crippen LogP contribution in [-0.4, -0.2) is 196 Å². The van der Waals surface area contributed by atoms with Gasteiger partial charge in [-0.2, -0.15) is 0 Å². The van der Waals surface area contributed by atoms with Crippen LogP contribution in [0.3, 0.4) is 0 Å². The molecule has 32 heteroatoms. The fraction of sp³-hybridized carbons (Fsp3) is 0.672. The average molecular weight is 1280 g/mol. The number of amides is 11. The van der Waals surface area contributed by atoms with Crippen LogP contribution in [0.1, 0.15) is 126 Å². The standard InChI is InChI=1S/C58H97N15O17/c1-12-30(10)39-53(85)71-40(31(11)75)52(84)64-24-38(76)69-42(45(78)47(60)79)55(87)68-37(25-74)57(89)90-46(32-17-14-13-15-18-32)43(73-51(83)36(23-28(6)7)66-48(80)33(59)21-26(2)3)56(88)72-41(44(77)29(8)9)54(86)67-35(22-27(4)5)50(82)65-34(49(81)70-39)19-16-20-63-58(61)62/h13-15,17-18,26-31,33-37,39-46,74-75,77-78H,12,16,19-25,59H2,1-11H3,(H2,60,79)(H,64,84)(H,65,82)(H,66,80)(H,67,86)(H,68,87)(H,69,76)(H,70,81)(H,71,85)(H,72,88)(H,73,83)(H4,61,62,63)/t30-,31-,33-,34-,35+,36+,37+,39+,40-,41+,42+,43+,44+,45+,46+/m1/s1. The molecular weight excluding hydrogens is 1180 g/mol. The summed E-state index contributed by atoms with van der Waals surface area (Å²) < 4.78 is 5.92. The number of guanidine groups is 1. The molecule has 22 N–H and O–H groups in total. The number of esters is 1. The van der Waals surface area contributed by atoms with E-state index in [1.54, 1.807) is 41.5 Å². The number of aliphatic hydroxyl groups excluding tert-OH is 4. The molecule has 1 saturated heterocycles. The molecule has 2 rings (SSSR count). The van der Waals surface area contributed by atoms with Gasteiger partial charge in [-0.05, 0) is 74.2 Å². The number of benzene rings is 1. The lowest BCUT2D eigenvalue weighted by Crippen LogP contribution is -2.64. The quantitative estimate of drug-likeness (QED) is 0.0210. The van der Waals surface area contributed by atoms with Crippen LogP contribution >= 0.6 is 0 Å². The molecule has 90 heavy (non-hydrogen) atoms. The summed E-state index contributed by atoms with van der Waals surface area (Å²) in [5.74, 6) is -17.2. The average Bonchev–Trinajstić information content (AvgIpc) is 1.47. The molecular formula is C58H97N15O17. The Morgan fingerprint density at radius 3 is 1.72 bits per heavy atom. The Balaban J connectivity index is 3.13. The highest BCUT2D eigenvalue weighted by Crippen LogP contribution is 2.25. The van der Waals surface area contributed by atoms with Crippen molar-refractivity contribution < 1.29 is 82.7 Å². The molecule has 1 aromatic rings. The number of aliphatic hydroxyl groups is 4. The molecule has 0 aromatic heterocycles. The van der Waals surface area contributed by atoms with E-state index in [0.29, 0.717) is 0 Å². The molecule has 11 amide bonds. The summed E-state index contributed by atoms with van der Waals surface area (Å²) in [6, 6.07) is -10.7. The summed E-state index contributed by atoms with van der Waals surface area (Å²) >= 11 is 0. The predicted octanol–water partition coefficient (Wildman–Crippen LogP) is -5.43. The van der Waals surface area contributed by atoms with Crippen molar-refractivity contribution in [3.05, 3.63) is 35.9 Å². The van der Waals surface area contributed by atoms with Crippen molar-refractivity contribution in [2.24, 2.45) is 57.5 Å². The third-order valence-electron chi connectivity index (χ3n) is 14.4. The number of carbonyl (C=O) groups is 12. The molecule has 1 aliphatic heterocycles. The Bertz CT molecular complexity index is 2640. The van der Waals surface area contributed by atoms with Crippen molar-refractivity contribution >= 4 is 76.9 Å². The van der Waals surface area contributed by atoms with Gasteiger partial charge in [-0.25, -0.2) is 4.79 Å². The van der Waals surface area contributed by atoms with Crippen LogP contribution in [0.4, 0.5) is 0 Å². The van der Waals surface area contributed by atoms with Gasteiger partial charge in [0.15, 0.2) is 24.2 Å². The molecule has 32 nitrogen and oxygen atoms in total. The third kappa shape index (κ3) is 25.4. The van der Waals surface area contributed by atoms with E-state index in [1.807, 2.05) is 24.5 Å². The second-order valence-electron chi connectivity index (χ2n) is 24.1. The van der Waals surface area contributed by atoms with E-state index in [0.717, 1.165) is 6.92 Å². The molecule has 506 valence electrons. The zero-order chi connectivity index (χ0) is 68.4. The number of cyclic esters (lactones) is 1. The molecule has 0 bridgehead atoms. The lowest BCUT2D eigenvalue weighted by atomic mass is 9.95. The van der Waals surface area contributed by atoms with E-state index in [2.05, 4.69) is 47.5 Å². The summed E-state index contributed by atoms with van der Waals surface area (Å²) in [5, 5.41) is 68.0. The zero-order valence-electron chi connectivity index (χ0n) is 53.1. The van der Waals surface area contributed by atoms with Crippen LogP contribution in [0.5, 0.6) is 0 Å². The van der Waals surface area contributed by atoms with Crippen molar-refractivity contribution in [2.45, 2.75) is 200 Å². The van der Waals surface area contributed by atoms with Crippen LogP contribution in [0.15, 0.2) is 35.3 Å². The van der Waals surface area contributed by atoms with Crippen LogP contribution in [0.25, 0.3) is 0 Å². The Morgan fingerprint density at radius 1 is 0.644 bits per heavy atom. The first-order valence-electron chi connectivity index (χ1n) is 30.1. The van der Waals surface area contributed by atoms with Gasteiger partial charge in [0.1, 0.15) is 48.3 Å². The second-order valence-corrected chi connectivity index (χ2v) is 24.1. The van der Waals surface area contributed by atoms with Gasteiger partial charge in [-0.3, -0.25) is 57.7 Å². The van der Waals surface area contributed by atoms with Crippen LogP contribution in [-0.2, 0) is 62.3 Å². The molecule has 15 atom stereocenters. The molecule has 0 aliphatic carbocycles. The first kappa shape index (κ1) is 78.0. The number of rotatable bonds is 23. The van der Waals surface area contributed by atoms with Gasteiger partial charge in [-0.1, -0.05) is 106 Å². The second kappa shape index (κ2) is 37.8. The summed E-state index contributed by atoms with van der Waals surface area (Å²) in [6.45, 7) is 15.3. The number of ether oxygens (including phenoxy) is 1. The lowest BCUT2D eigenvalue weighted by Gasteiger charge is -2.34. The summed E-state index contributed by atoms with van der Waals surface area (Å²) in [6.07, 6.45) is -8.04. The normalized spacial score (nSPS) is 24.7. The van der Waals surface area contributed by atoms with Crippen molar-refractivity contribution in [2.75, 3.05) is 19.7 Å². The van der Waals surface area contributed by atoms with E-state index in [4.69, 9.17) is 27.7 Å². The van der Waals surface area contributed by atoms with Gasteiger partial charge < -0.3 is 101 Å². The summed E-state index contributed by atoms with van der Waals surface area (Å²) in [7, 11) is 0. The van der Waals surface area contributed by atoms with Crippen LogP contribution in [0, 0.1) is 29.6 Å². The molecule has 0 spiro atoms. The third-order valence-corrected chi connectivity index (χ3v) is 14.4. The predicted molar refractivity (Wildman–Crippen MR) is 326 cm³/mol. The van der Waals surface area contributed by atoms with Gasteiger partial charge >= 0.3 is 5.97 Å². The largest absolute Gasteiger partial charge is 0.453 e. The number of aliphatic imine (C=N–C) groups is 1. The lowest BCUT2D eigenvalue weighted by molar-refractivity contribution is -0.159. The topological polar surface area (TPSA) is 532 Å². The summed E-state index contributed by atoms with van der Waals surface area (Å²) in [5.41, 5.74) is 22.6. The SMILES string of the molecule is CC[C@@H](C)[C@@H]1NC(=O)[C@@H](CCCN=C(N)N)NC(=O)[C@H](CC(C)C)NC(=O)[C@H]([C@@H](O)C(C)C)NC(=O)[C@@H](NC(=O)[C@H](CC(C)C)NC(=O)[C@H](N)CC(C)C)[C@H](c2ccccc2)OC(=O)[C@H](CO)NC(=O)[C@H]([C@H](O)C(N)=O)NC(=O)CNC(=O)[C@@H]([C@@H](C)O)NC1=O. The summed E-state index contributed by atoms with van der Waals surface area (Å²) in [4.78, 5) is 174. The monoisotopic (exact) mass is 1280 g/mol. The fourth-order valence-corrected chi connectivity index (χ4v) is 9.25. The minimum atomic E-state index is -2.57. The highest BCUT2D eigenvalue weighted by Gasteiger charge is 2.44. The van der Waals surface area contributed by atoms with E-state index in [9.17, 15) is 73.2 Å². The Kier molecular flexibility index (Phi) is 32.8. The maximum absolute atomic E-state index is 15.3. The van der Waals surface area contributed by atoms with Gasteiger partial charge in [0.2, 0.25) is 65.0 Å². The van der Waals surface area contributed by atoms with E-state index >= 15 is 4.79 Å². The van der Waals surface area contributed by atoms with Gasteiger partial charge in [0.05, 0.1) is 31.4 Å². The molecule has 1 aliphatic rings. The number of primary amides is 1. The zero-order valence-corrected chi connectivity index (χ0v) is 53.1. The van der Waals surface area contributed by atoms with Crippen molar-refractivity contribution in [1.29, 1.82) is 0 Å². The number of carbonyl (C=O) groups excluding carboxylic acids is 12. The van der Waals surface area contributed by atoms with Crippen LogP contribution in [0.2, 0.25) is 0 Å². The fourth-order valence-electron chi connectivity index (χ4n) is 9.25. The molecule has 1 fully saturated rings. The first-order valence-corrected chi connectivity index (χ1v) is 30.1. The molecule has 0 unspecified atom stereocenters. The maximum Gasteiger partial charge on any atom is 0.331 e. The highest BCUT2D eigenvalue weighted by atomic mass is 16.5. The number of hydrogen-bond acceptors (Lipinski definition) is 19. The Morgan fingerprint density at radius 2 is 1.19 bits per heavy atom. The van der Waals surface area contributed by atoms with Gasteiger partial charge in [0, 0.05) is 6.54 Å². The van der Waals surface area contributed by atoms with Gasteiger partial charge in [-0.15, -0.1) is 0 Å². The Labute approximate surface area is 523 Å². The highest BCUT2D eigenvalue weighted by molar-refractivity contribution is 6.00. The minimum Gasteiger partial charge on any atom is -0.453 e. The van der Waals surface area contributed by atoms with E-state index in [-0.39, 0.29) is 74.3 Å². The van der Waals surface area contributed by atoms with Crippen molar-refractivity contribution in [3.63, 3.8) is 0 Å². The molecule has 1 aromatic carbocycles. The molecule has 0 saturated carbocycles. The molecule has 0 radical (unpaired) electrons. The van der Waals surface area contributed by atoms with Crippen molar-refractivity contribution in [1.82, 2.24) is 53.2 Å². The number of hydrogen-bond donors (Lipinski definition) is 18. The van der Waals surface area contributed by atoms with Gasteiger partial charge in [0.25, 0.3) is 0 Å². The number of nitrogens with one attached hydrogen (secondary N) is 10. The number of nitrogens with two attached hydrogens (primary N) is 4. The smallest absolute Gasteiger partial charge is 0.331 e. The first-order chi connectivity index (χ1) is 42.0. The Hall–Kier alpha value is -8.07.